The van der Waals surface area contributed by atoms with E-state index in [0.717, 1.165) is 19.4 Å². The molecule has 7 nitrogen and oxygen atoms in total. The van der Waals surface area contributed by atoms with Crippen molar-refractivity contribution in [3.63, 3.8) is 0 Å². The van der Waals surface area contributed by atoms with Crippen molar-refractivity contribution in [3.8, 4) is 17.0 Å². The lowest BCUT2D eigenvalue weighted by molar-refractivity contribution is 0.0701. The fourth-order valence-electron chi connectivity index (χ4n) is 3.89. The predicted octanol–water partition coefficient (Wildman–Crippen LogP) is 2.99. The fourth-order valence-corrected chi connectivity index (χ4v) is 3.89. The molecule has 0 saturated carbocycles. The molecule has 8 heteroatoms. The van der Waals surface area contributed by atoms with Crippen LogP contribution in [0.1, 0.15) is 35.8 Å². The molecular formula is C21H24FN5O2. The van der Waals surface area contributed by atoms with Gasteiger partial charge < -0.3 is 15.3 Å². The Kier molecular flexibility index (Phi) is 5.19. The lowest BCUT2D eigenvalue weighted by atomic mass is 10.0. The zero-order chi connectivity index (χ0) is 20.5. The summed E-state index contributed by atoms with van der Waals surface area (Å²) >= 11 is 0. The number of benzene rings is 1. The average Bonchev–Trinajstić information content (AvgIpc) is 3.10. The van der Waals surface area contributed by atoms with Gasteiger partial charge in [-0.15, -0.1) is 0 Å². The van der Waals surface area contributed by atoms with Gasteiger partial charge in [0.1, 0.15) is 0 Å². The molecule has 1 saturated heterocycles. The van der Waals surface area contributed by atoms with E-state index in [1.807, 2.05) is 11.8 Å². The summed E-state index contributed by atoms with van der Waals surface area (Å²) in [6.45, 7) is 5.99. The molecule has 1 amide bonds. The van der Waals surface area contributed by atoms with Crippen molar-refractivity contribution in [1.82, 2.24) is 25.4 Å². The molecule has 1 aliphatic rings. The maximum absolute atomic E-state index is 13.9. The number of aryl methyl sites for hydroxylation is 1. The molecule has 0 radical (unpaired) electrons. The number of hydrogen-bond acceptors (Lipinski definition) is 5. The van der Waals surface area contributed by atoms with Crippen LogP contribution < -0.4 is 5.32 Å². The first kappa shape index (κ1) is 19.3. The van der Waals surface area contributed by atoms with E-state index < -0.39 is 11.6 Å². The van der Waals surface area contributed by atoms with E-state index in [1.54, 1.807) is 12.1 Å². The molecule has 1 fully saturated rings. The molecule has 4 rings (SSSR count). The normalized spacial score (nSPS) is 17.1. The van der Waals surface area contributed by atoms with E-state index in [0.29, 0.717) is 46.6 Å². The summed E-state index contributed by atoms with van der Waals surface area (Å²) in [6.07, 6.45) is 2.06. The van der Waals surface area contributed by atoms with Crippen molar-refractivity contribution >= 4 is 16.9 Å². The van der Waals surface area contributed by atoms with Crippen LogP contribution in [0.4, 0.5) is 4.39 Å². The number of halogens is 1. The number of rotatable bonds is 4. The summed E-state index contributed by atoms with van der Waals surface area (Å²) in [5.74, 6) is -1.24. The number of carbonyl (C=O) groups is 1. The lowest BCUT2D eigenvalue weighted by Gasteiger charge is -2.34. The number of phenols is 1. The van der Waals surface area contributed by atoms with Crippen molar-refractivity contribution in [1.29, 1.82) is 0 Å². The topological polar surface area (TPSA) is 94.1 Å². The summed E-state index contributed by atoms with van der Waals surface area (Å²) in [5, 5.41) is 20.7. The number of amides is 1. The Morgan fingerprint density at radius 1 is 1.38 bits per heavy atom. The third kappa shape index (κ3) is 3.67. The summed E-state index contributed by atoms with van der Waals surface area (Å²) in [5.41, 5.74) is 2.61. The summed E-state index contributed by atoms with van der Waals surface area (Å²) in [4.78, 5) is 19.8. The number of fused-ring (bicyclic) bond motifs is 1. The van der Waals surface area contributed by atoms with Gasteiger partial charge in [0.25, 0.3) is 5.91 Å². The lowest BCUT2D eigenvalue weighted by Crippen LogP contribution is -2.52. The van der Waals surface area contributed by atoms with Crippen LogP contribution in [-0.2, 0) is 0 Å². The number of nitrogens with one attached hydrogen (secondary N) is 2. The van der Waals surface area contributed by atoms with Gasteiger partial charge in [-0.05, 0) is 37.6 Å². The number of H-pyrrole nitrogens is 1. The molecule has 2 aromatic heterocycles. The van der Waals surface area contributed by atoms with Gasteiger partial charge in [0, 0.05) is 31.2 Å². The van der Waals surface area contributed by atoms with Gasteiger partial charge in [-0.2, -0.15) is 5.10 Å². The van der Waals surface area contributed by atoms with Crippen LogP contribution in [0.3, 0.4) is 0 Å². The highest BCUT2D eigenvalue weighted by molar-refractivity contribution is 6.07. The van der Waals surface area contributed by atoms with Crippen LogP contribution in [0.15, 0.2) is 24.3 Å². The van der Waals surface area contributed by atoms with E-state index >= 15 is 0 Å². The van der Waals surface area contributed by atoms with E-state index in [-0.39, 0.29) is 11.9 Å². The molecular weight excluding hydrogens is 373 g/mol. The largest absolute Gasteiger partial charge is 0.505 e. The second-order valence-electron chi connectivity index (χ2n) is 7.44. The van der Waals surface area contributed by atoms with Crippen LogP contribution in [0.25, 0.3) is 22.3 Å². The van der Waals surface area contributed by atoms with E-state index in [9.17, 15) is 14.3 Å². The minimum Gasteiger partial charge on any atom is -0.505 e. The SMILES string of the molecule is CCCC1CN(C(=O)c2cc(-c3ccc(O)c(F)c3)nc3[nH]nc(C)c23)CCN1. The number of aromatic hydroxyl groups is 1. The van der Waals surface area contributed by atoms with Gasteiger partial charge in [-0.25, -0.2) is 9.37 Å². The average molecular weight is 397 g/mol. The van der Waals surface area contributed by atoms with Gasteiger partial charge >= 0.3 is 0 Å². The molecule has 29 heavy (non-hydrogen) atoms. The Labute approximate surface area is 167 Å². The van der Waals surface area contributed by atoms with Crippen molar-refractivity contribution in [2.45, 2.75) is 32.7 Å². The number of carbonyl (C=O) groups excluding carboxylic acids is 1. The molecule has 0 aliphatic carbocycles. The van der Waals surface area contributed by atoms with Crippen LogP contribution in [0.5, 0.6) is 5.75 Å². The highest BCUT2D eigenvalue weighted by Crippen LogP contribution is 2.29. The maximum Gasteiger partial charge on any atom is 0.254 e. The third-order valence-corrected chi connectivity index (χ3v) is 5.36. The number of nitrogens with zero attached hydrogens (tertiary/aromatic N) is 3. The van der Waals surface area contributed by atoms with Crippen molar-refractivity contribution < 1.29 is 14.3 Å². The van der Waals surface area contributed by atoms with E-state index in [2.05, 4.69) is 27.4 Å². The standard InChI is InChI=1S/C21H24FN5O2/c1-3-4-14-11-27(8-7-23-14)21(29)15-10-17(13-5-6-18(28)16(22)9-13)24-20-19(15)12(2)25-26-20/h5-6,9-10,14,23,28H,3-4,7-8,11H2,1-2H3,(H,24,25,26). The number of piperazine rings is 1. The third-order valence-electron chi connectivity index (χ3n) is 5.36. The zero-order valence-corrected chi connectivity index (χ0v) is 16.5. The van der Waals surface area contributed by atoms with Gasteiger partial charge in [-0.1, -0.05) is 13.3 Å². The Morgan fingerprint density at radius 3 is 2.97 bits per heavy atom. The van der Waals surface area contributed by atoms with Crippen LogP contribution >= 0.6 is 0 Å². The highest BCUT2D eigenvalue weighted by atomic mass is 19.1. The molecule has 0 spiro atoms. The molecule has 3 aromatic rings. The zero-order valence-electron chi connectivity index (χ0n) is 16.5. The molecule has 1 atom stereocenters. The minimum absolute atomic E-state index is 0.0787. The molecule has 1 aliphatic heterocycles. The Bertz CT molecular complexity index is 1060. The Hall–Kier alpha value is -3.00. The van der Waals surface area contributed by atoms with Crippen molar-refractivity contribution in [2.24, 2.45) is 0 Å². The predicted molar refractivity (Wildman–Crippen MR) is 108 cm³/mol. The number of aromatic amines is 1. The van der Waals surface area contributed by atoms with E-state index in [4.69, 9.17) is 0 Å². The molecule has 1 unspecified atom stereocenters. The summed E-state index contributed by atoms with van der Waals surface area (Å²) < 4.78 is 13.9. The molecule has 152 valence electrons. The van der Waals surface area contributed by atoms with Gasteiger partial charge in [0.15, 0.2) is 17.2 Å². The minimum atomic E-state index is -0.734. The first-order valence-corrected chi connectivity index (χ1v) is 9.85. The number of phenolic OH excluding ortho intramolecular Hbond substituents is 1. The van der Waals surface area contributed by atoms with Crippen LogP contribution in [0, 0.1) is 12.7 Å². The number of hydrogen-bond donors (Lipinski definition) is 3. The molecule has 1 aromatic carbocycles. The first-order valence-electron chi connectivity index (χ1n) is 9.85. The number of aromatic nitrogens is 3. The van der Waals surface area contributed by atoms with Gasteiger partial charge in [0.2, 0.25) is 0 Å². The summed E-state index contributed by atoms with van der Waals surface area (Å²) in [6, 6.07) is 6.04. The quantitative estimate of drug-likeness (QED) is 0.629. The second-order valence-corrected chi connectivity index (χ2v) is 7.44. The Balaban J connectivity index is 1.77. The molecule has 3 heterocycles. The molecule has 0 bridgehead atoms. The van der Waals surface area contributed by atoms with Crippen molar-refractivity contribution in [3.05, 3.63) is 41.3 Å². The first-order chi connectivity index (χ1) is 14.0. The van der Waals surface area contributed by atoms with Crippen LogP contribution in [0.2, 0.25) is 0 Å². The Morgan fingerprint density at radius 2 is 2.21 bits per heavy atom. The monoisotopic (exact) mass is 397 g/mol. The molecule has 3 N–H and O–H groups in total. The van der Waals surface area contributed by atoms with Crippen LogP contribution in [-0.4, -0.2) is 56.8 Å². The van der Waals surface area contributed by atoms with Gasteiger partial charge in [-0.3, -0.25) is 9.89 Å². The maximum atomic E-state index is 13.9. The van der Waals surface area contributed by atoms with E-state index in [1.165, 1.54) is 12.1 Å². The second kappa shape index (κ2) is 7.79. The van der Waals surface area contributed by atoms with Gasteiger partial charge in [0.05, 0.1) is 22.3 Å². The fraction of sp³-hybridized carbons (Fsp3) is 0.381. The van der Waals surface area contributed by atoms with Crippen molar-refractivity contribution in [2.75, 3.05) is 19.6 Å². The highest BCUT2D eigenvalue weighted by Gasteiger charge is 2.27. The summed E-state index contributed by atoms with van der Waals surface area (Å²) in [7, 11) is 0. The number of pyridine rings is 1. The smallest absolute Gasteiger partial charge is 0.254 e.